The normalized spacial score (nSPS) is 21.1. The Balaban J connectivity index is 1.59. The molecule has 6 heteroatoms. The molecule has 5 rings (SSSR count). The molecule has 0 saturated carbocycles. The van der Waals surface area contributed by atoms with Crippen LogP contribution < -0.4 is 5.56 Å². The largest absolute Gasteiger partial charge is 0.330 e. The van der Waals surface area contributed by atoms with E-state index in [1.807, 2.05) is 42.2 Å². The highest BCUT2D eigenvalue weighted by molar-refractivity contribution is 5.95. The van der Waals surface area contributed by atoms with Crippen LogP contribution in [0.3, 0.4) is 0 Å². The van der Waals surface area contributed by atoms with Crippen LogP contribution >= 0.6 is 0 Å². The van der Waals surface area contributed by atoms with Crippen molar-refractivity contribution in [1.82, 2.24) is 19.4 Å². The Labute approximate surface area is 156 Å². The first-order chi connectivity index (χ1) is 13.1. The molecule has 1 saturated heterocycles. The molecule has 136 valence electrons. The summed E-state index contributed by atoms with van der Waals surface area (Å²) in [6, 6.07) is 11.2. The zero-order valence-electron chi connectivity index (χ0n) is 15.1. The van der Waals surface area contributed by atoms with E-state index in [0.29, 0.717) is 23.9 Å². The fourth-order valence-corrected chi connectivity index (χ4v) is 4.50. The van der Waals surface area contributed by atoms with E-state index in [4.69, 9.17) is 4.98 Å². The SMILES string of the molecule is Cc1ncccc1C(=O)N1C2CCC1Cn1c(nc3ccccc3c1=O)C2. The van der Waals surface area contributed by atoms with Gasteiger partial charge in [-0.05, 0) is 44.0 Å². The van der Waals surface area contributed by atoms with Gasteiger partial charge in [0.1, 0.15) is 5.82 Å². The number of aromatic nitrogens is 3. The topological polar surface area (TPSA) is 68.1 Å². The zero-order valence-corrected chi connectivity index (χ0v) is 15.1. The lowest BCUT2D eigenvalue weighted by molar-refractivity contribution is 0.0664. The number of benzene rings is 1. The molecule has 2 bridgehead atoms. The summed E-state index contributed by atoms with van der Waals surface area (Å²) < 4.78 is 1.78. The van der Waals surface area contributed by atoms with Gasteiger partial charge in [-0.1, -0.05) is 12.1 Å². The third-order valence-corrected chi connectivity index (χ3v) is 5.84. The standard InChI is InChI=1S/C21H20N4O2/c1-13-16(6-4-10-22-13)21(27)25-14-8-9-15(25)12-24-19(11-14)23-18-7-3-2-5-17(18)20(24)26/h2-7,10,14-15H,8-9,11-12H2,1H3. The molecule has 2 aliphatic heterocycles. The molecular weight excluding hydrogens is 340 g/mol. The number of amides is 1. The fraction of sp³-hybridized carbons (Fsp3) is 0.333. The average molecular weight is 360 g/mol. The molecule has 0 N–H and O–H groups in total. The molecule has 27 heavy (non-hydrogen) atoms. The molecule has 1 fully saturated rings. The maximum Gasteiger partial charge on any atom is 0.261 e. The molecule has 6 nitrogen and oxygen atoms in total. The molecule has 0 aliphatic carbocycles. The van der Waals surface area contributed by atoms with Crippen LogP contribution in [0.1, 0.15) is 34.7 Å². The van der Waals surface area contributed by atoms with E-state index in [0.717, 1.165) is 29.9 Å². The third kappa shape index (κ3) is 2.47. The van der Waals surface area contributed by atoms with Crippen LogP contribution in [0.25, 0.3) is 10.9 Å². The molecule has 1 aromatic carbocycles. The molecule has 4 heterocycles. The summed E-state index contributed by atoms with van der Waals surface area (Å²) in [6.45, 7) is 2.37. The summed E-state index contributed by atoms with van der Waals surface area (Å²) in [5.74, 6) is 0.796. The second-order valence-corrected chi connectivity index (χ2v) is 7.40. The second-order valence-electron chi connectivity index (χ2n) is 7.40. The number of pyridine rings is 1. The fourth-order valence-electron chi connectivity index (χ4n) is 4.50. The summed E-state index contributed by atoms with van der Waals surface area (Å²) in [7, 11) is 0. The molecule has 3 aromatic rings. The van der Waals surface area contributed by atoms with Gasteiger partial charge in [-0.25, -0.2) is 4.98 Å². The predicted molar refractivity (Wildman–Crippen MR) is 102 cm³/mol. The second kappa shape index (κ2) is 6.01. The highest BCUT2D eigenvalue weighted by atomic mass is 16.2. The Morgan fingerprint density at radius 1 is 1.11 bits per heavy atom. The van der Waals surface area contributed by atoms with Crippen LogP contribution in [0.15, 0.2) is 47.4 Å². The van der Waals surface area contributed by atoms with E-state index in [1.54, 1.807) is 16.8 Å². The lowest BCUT2D eigenvalue weighted by Crippen LogP contribution is -2.42. The Kier molecular flexibility index (Phi) is 3.60. The van der Waals surface area contributed by atoms with Gasteiger partial charge in [-0.15, -0.1) is 0 Å². The molecule has 2 unspecified atom stereocenters. The zero-order chi connectivity index (χ0) is 18.5. The Morgan fingerprint density at radius 2 is 1.93 bits per heavy atom. The number of aryl methyl sites for hydroxylation is 1. The molecule has 2 aromatic heterocycles. The van der Waals surface area contributed by atoms with Crippen molar-refractivity contribution in [2.45, 2.75) is 44.8 Å². The van der Waals surface area contributed by atoms with Crippen molar-refractivity contribution in [3.8, 4) is 0 Å². The predicted octanol–water partition coefficient (Wildman–Crippen LogP) is 2.33. The molecule has 0 radical (unpaired) electrons. The van der Waals surface area contributed by atoms with Crippen LogP contribution in [0.4, 0.5) is 0 Å². The van der Waals surface area contributed by atoms with Crippen LogP contribution in [0.5, 0.6) is 0 Å². The maximum atomic E-state index is 13.3. The Bertz CT molecular complexity index is 1120. The van der Waals surface area contributed by atoms with Crippen LogP contribution in [0, 0.1) is 6.92 Å². The van der Waals surface area contributed by atoms with E-state index in [2.05, 4.69) is 4.98 Å². The van der Waals surface area contributed by atoms with Gasteiger partial charge in [0.05, 0.1) is 22.5 Å². The lowest BCUT2D eigenvalue weighted by atomic mass is 10.1. The smallest absolute Gasteiger partial charge is 0.261 e. The number of hydrogen-bond donors (Lipinski definition) is 0. The molecule has 1 amide bonds. The quantitative estimate of drug-likeness (QED) is 0.668. The molecule has 2 atom stereocenters. The van der Waals surface area contributed by atoms with Crippen LogP contribution in [-0.4, -0.2) is 37.4 Å². The summed E-state index contributed by atoms with van der Waals surface area (Å²) in [6.07, 6.45) is 4.17. The third-order valence-electron chi connectivity index (χ3n) is 5.84. The van der Waals surface area contributed by atoms with E-state index in [1.165, 1.54) is 0 Å². The van der Waals surface area contributed by atoms with Crippen molar-refractivity contribution in [3.63, 3.8) is 0 Å². The van der Waals surface area contributed by atoms with Gasteiger partial charge < -0.3 is 4.90 Å². The first kappa shape index (κ1) is 16.2. The minimum atomic E-state index is -0.00638. The number of para-hydroxylation sites is 1. The monoisotopic (exact) mass is 360 g/mol. The minimum Gasteiger partial charge on any atom is -0.330 e. The number of hydrogen-bond acceptors (Lipinski definition) is 4. The Morgan fingerprint density at radius 3 is 2.78 bits per heavy atom. The lowest BCUT2D eigenvalue weighted by Gasteiger charge is -2.28. The summed E-state index contributed by atoms with van der Waals surface area (Å²) in [4.78, 5) is 37.3. The van der Waals surface area contributed by atoms with E-state index in [-0.39, 0.29) is 23.6 Å². The van der Waals surface area contributed by atoms with E-state index in [9.17, 15) is 9.59 Å². The molecular formula is C21H20N4O2. The van der Waals surface area contributed by atoms with E-state index >= 15 is 0 Å². The molecule has 0 spiro atoms. The van der Waals surface area contributed by atoms with Gasteiger partial charge in [-0.3, -0.25) is 19.1 Å². The number of nitrogens with zero attached hydrogens (tertiary/aromatic N) is 4. The Hall–Kier alpha value is -3.02. The van der Waals surface area contributed by atoms with Crippen molar-refractivity contribution in [3.05, 3.63) is 70.0 Å². The maximum absolute atomic E-state index is 13.3. The van der Waals surface area contributed by atoms with Crippen molar-refractivity contribution in [1.29, 1.82) is 0 Å². The number of rotatable bonds is 1. The first-order valence-corrected chi connectivity index (χ1v) is 9.36. The van der Waals surface area contributed by atoms with Gasteiger partial charge in [0.2, 0.25) is 0 Å². The average Bonchev–Trinajstić information content (AvgIpc) is 2.98. The highest BCUT2D eigenvalue weighted by Crippen LogP contribution is 2.32. The van der Waals surface area contributed by atoms with Crippen molar-refractivity contribution in [2.75, 3.05) is 0 Å². The minimum absolute atomic E-state index is 0.00638. The van der Waals surface area contributed by atoms with Crippen LogP contribution in [-0.2, 0) is 13.0 Å². The highest BCUT2D eigenvalue weighted by Gasteiger charge is 2.41. The number of carbonyl (C=O) groups is 1. The van der Waals surface area contributed by atoms with Crippen molar-refractivity contribution in [2.24, 2.45) is 0 Å². The first-order valence-electron chi connectivity index (χ1n) is 9.36. The van der Waals surface area contributed by atoms with Gasteiger partial charge in [0.25, 0.3) is 11.5 Å². The summed E-state index contributed by atoms with van der Waals surface area (Å²) in [5, 5.41) is 0.639. The van der Waals surface area contributed by atoms with Crippen LogP contribution in [0.2, 0.25) is 0 Å². The van der Waals surface area contributed by atoms with Gasteiger partial charge in [0.15, 0.2) is 0 Å². The summed E-state index contributed by atoms with van der Waals surface area (Å²) in [5.41, 5.74) is 2.11. The van der Waals surface area contributed by atoms with Crippen molar-refractivity contribution < 1.29 is 4.79 Å². The molecule has 2 aliphatic rings. The number of fused-ring (bicyclic) bond motifs is 4. The van der Waals surface area contributed by atoms with Gasteiger partial charge in [-0.2, -0.15) is 0 Å². The van der Waals surface area contributed by atoms with Crippen molar-refractivity contribution >= 4 is 16.8 Å². The van der Waals surface area contributed by atoms with Gasteiger partial charge >= 0.3 is 0 Å². The van der Waals surface area contributed by atoms with Gasteiger partial charge in [0, 0.05) is 30.9 Å². The number of carbonyl (C=O) groups excluding carboxylic acids is 1. The van der Waals surface area contributed by atoms with E-state index < -0.39 is 0 Å². The summed E-state index contributed by atoms with van der Waals surface area (Å²) >= 11 is 0.